The van der Waals surface area contributed by atoms with Crippen molar-refractivity contribution in [1.29, 1.82) is 0 Å². The molecule has 9 heteroatoms. The number of carbonyl (C=O) groups is 1. The van der Waals surface area contributed by atoms with Crippen molar-refractivity contribution in [2.24, 2.45) is 0 Å². The van der Waals surface area contributed by atoms with Gasteiger partial charge < -0.3 is 14.8 Å². The SMILES string of the molecule is COc1ccc(S(=O)(=O)N(CC(=O)Nc2cc(F)ccc2C)C2CCCCC2)cc1OC. The molecule has 7 nitrogen and oxygen atoms in total. The van der Waals surface area contributed by atoms with Crippen LogP contribution in [-0.2, 0) is 14.8 Å². The van der Waals surface area contributed by atoms with Crippen molar-refractivity contribution in [3.05, 3.63) is 47.8 Å². The Hall–Kier alpha value is -2.65. The molecule has 3 rings (SSSR count). The second-order valence-electron chi connectivity index (χ2n) is 7.87. The summed E-state index contributed by atoms with van der Waals surface area (Å²) in [5.74, 6) is -0.298. The molecule has 0 bridgehead atoms. The highest BCUT2D eigenvalue weighted by molar-refractivity contribution is 7.89. The monoisotopic (exact) mass is 464 g/mol. The van der Waals surface area contributed by atoms with Crippen molar-refractivity contribution >= 4 is 21.6 Å². The van der Waals surface area contributed by atoms with Gasteiger partial charge in [0.15, 0.2) is 11.5 Å². The van der Waals surface area contributed by atoms with Crippen LogP contribution in [0.2, 0.25) is 0 Å². The number of hydrogen-bond acceptors (Lipinski definition) is 5. The number of nitrogens with one attached hydrogen (secondary N) is 1. The van der Waals surface area contributed by atoms with Crippen LogP contribution in [0.1, 0.15) is 37.7 Å². The zero-order valence-electron chi connectivity index (χ0n) is 18.6. The topological polar surface area (TPSA) is 84.9 Å². The Balaban J connectivity index is 1.91. The van der Waals surface area contributed by atoms with Gasteiger partial charge in [0, 0.05) is 17.8 Å². The van der Waals surface area contributed by atoms with Crippen molar-refractivity contribution in [3.63, 3.8) is 0 Å². The average molecular weight is 465 g/mol. The van der Waals surface area contributed by atoms with Crippen LogP contribution in [0, 0.1) is 12.7 Å². The van der Waals surface area contributed by atoms with Gasteiger partial charge in [-0.05, 0) is 49.6 Å². The number of carbonyl (C=O) groups excluding carboxylic acids is 1. The zero-order valence-corrected chi connectivity index (χ0v) is 19.4. The van der Waals surface area contributed by atoms with Crippen molar-refractivity contribution in [1.82, 2.24) is 4.31 Å². The number of anilines is 1. The van der Waals surface area contributed by atoms with E-state index in [4.69, 9.17) is 9.47 Å². The predicted molar refractivity (Wildman–Crippen MR) is 120 cm³/mol. The van der Waals surface area contributed by atoms with Crippen LogP contribution in [0.25, 0.3) is 0 Å². The molecule has 1 amide bonds. The quantitative estimate of drug-likeness (QED) is 0.635. The first kappa shape index (κ1) is 24.0. The highest BCUT2D eigenvalue weighted by atomic mass is 32.2. The number of nitrogens with zero attached hydrogens (tertiary/aromatic N) is 1. The first-order valence-corrected chi connectivity index (χ1v) is 12.0. The summed E-state index contributed by atoms with van der Waals surface area (Å²) in [6.45, 7) is 1.38. The lowest BCUT2D eigenvalue weighted by atomic mass is 9.95. The minimum Gasteiger partial charge on any atom is -0.493 e. The van der Waals surface area contributed by atoms with Crippen LogP contribution < -0.4 is 14.8 Å². The summed E-state index contributed by atoms with van der Waals surface area (Å²) >= 11 is 0. The number of methoxy groups -OCH3 is 2. The second-order valence-corrected chi connectivity index (χ2v) is 9.76. The molecule has 0 saturated heterocycles. The Morgan fingerprint density at radius 2 is 1.75 bits per heavy atom. The molecule has 0 radical (unpaired) electrons. The number of ether oxygens (including phenoxy) is 2. The maximum Gasteiger partial charge on any atom is 0.243 e. The molecule has 1 N–H and O–H groups in total. The van der Waals surface area contributed by atoms with Gasteiger partial charge in [0.25, 0.3) is 0 Å². The number of rotatable bonds is 8. The standard InChI is InChI=1S/C23H29FN2O5S/c1-16-9-10-17(24)13-20(16)25-23(27)15-26(18-7-5-4-6-8-18)32(28,29)19-11-12-21(30-2)22(14-19)31-3/h9-14,18H,4-8,15H2,1-3H3,(H,25,27). The van der Waals surface area contributed by atoms with Gasteiger partial charge in [-0.25, -0.2) is 12.8 Å². The number of sulfonamides is 1. The normalized spacial score (nSPS) is 14.9. The van der Waals surface area contributed by atoms with Gasteiger partial charge in [-0.2, -0.15) is 4.31 Å². The Labute approximate surface area is 188 Å². The molecule has 1 saturated carbocycles. The van der Waals surface area contributed by atoms with E-state index < -0.39 is 21.7 Å². The molecule has 0 spiro atoms. The fraction of sp³-hybridized carbons (Fsp3) is 0.435. The molecule has 32 heavy (non-hydrogen) atoms. The first-order chi connectivity index (χ1) is 15.3. The highest BCUT2D eigenvalue weighted by Crippen LogP contribution is 2.33. The number of benzene rings is 2. The van der Waals surface area contributed by atoms with Crippen LogP contribution in [-0.4, -0.2) is 45.4 Å². The largest absolute Gasteiger partial charge is 0.493 e. The minimum atomic E-state index is -4.00. The number of hydrogen-bond donors (Lipinski definition) is 1. The lowest BCUT2D eigenvalue weighted by Gasteiger charge is -2.33. The van der Waals surface area contributed by atoms with Crippen LogP contribution >= 0.6 is 0 Å². The minimum absolute atomic E-state index is 0.0236. The van der Waals surface area contributed by atoms with Gasteiger partial charge in [-0.1, -0.05) is 25.3 Å². The molecular formula is C23H29FN2O5S. The summed E-state index contributed by atoms with van der Waals surface area (Å²) in [4.78, 5) is 12.9. The molecular weight excluding hydrogens is 435 g/mol. The van der Waals surface area contributed by atoms with Crippen LogP contribution in [0.4, 0.5) is 10.1 Å². The van der Waals surface area contributed by atoms with Crippen LogP contribution in [0.3, 0.4) is 0 Å². The van der Waals surface area contributed by atoms with Gasteiger partial charge in [-0.3, -0.25) is 4.79 Å². The number of amides is 1. The van der Waals surface area contributed by atoms with E-state index in [1.54, 1.807) is 13.0 Å². The molecule has 174 valence electrons. The fourth-order valence-electron chi connectivity index (χ4n) is 3.95. The van der Waals surface area contributed by atoms with E-state index in [1.807, 2.05) is 0 Å². The molecule has 1 aliphatic carbocycles. The van der Waals surface area contributed by atoms with Gasteiger partial charge in [0.05, 0.1) is 25.7 Å². The molecule has 2 aromatic rings. The van der Waals surface area contributed by atoms with E-state index in [0.717, 1.165) is 19.3 Å². The predicted octanol–water partition coefficient (Wildman–Crippen LogP) is 4.11. The Morgan fingerprint density at radius 3 is 2.41 bits per heavy atom. The molecule has 2 aromatic carbocycles. The third-order valence-electron chi connectivity index (χ3n) is 5.72. The van der Waals surface area contributed by atoms with Gasteiger partial charge >= 0.3 is 0 Å². The van der Waals surface area contributed by atoms with Crippen molar-refractivity contribution in [2.45, 2.75) is 50.0 Å². The number of aryl methyl sites for hydroxylation is 1. The summed E-state index contributed by atoms with van der Waals surface area (Å²) in [6, 6.07) is 8.17. The van der Waals surface area contributed by atoms with Gasteiger partial charge in [0.2, 0.25) is 15.9 Å². The summed E-state index contributed by atoms with van der Waals surface area (Å²) in [7, 11) is -1.10. The van der Waals surface area contributed by atoms with E-state index >= 15 is 0 Å². The molecule has 0 heterocycles. The maximum atomic E-state index is 13.6. The van der Waals surface area contributed by atoms with Crippen molar-refractivity contribution in [2.75, 3.05) is 26.1 Å². The van der Waals surface area contributed by atoms with E-state index in [1.165, 1.54) is 48.9 Å². The van der Waals surface area contributed by atoms with E-state index in [9.17, 15) is 17.6 Å². The van der Waals surface area contributed by atoms with Gasteiger partial charge in [-0.15, -0.1) is 0 Å². The third kappa shape index (κ3) is 5.39. The van der Waals surface area contributed by atoms with Crippen LogP contribution in [0.5, 0.6) is 11.5 Å². The Kier molecular flexibility index (Phi) is 7.73. The van der Waals surface area contributed by atoms with E-state index in [-0.39, 0.29) is 23.2 Å². The Morgan fingerprint density at radius 1 is 1.06 bits per heavy atom. The molecule has 0 aliphatic heterocycles. The van der Waals surface area contributed by atoms with Crippen molar-refractivity contribution in [3.8, 4) is 11.5 Å². The molecule has 0 unspecified atom stereocenters. The van der Waals surface area contributed by atoms with Crippen molar-refractivity contribution < 1.29 is 27.1 Å². The fourth-order valence-corrected chi connectivity index (χ4v) is 5.61. The molecule has 1 fully saturated rings. The summed E-state index contributed by atoms with van der Waals surface area (Å²) in [5, 5.41) is 2.66. The summed E-state index contributed by atoms with van der Waals surface area (Å²) in [6.07, 6.45) is 4.19. The van der Waals surface area contributed by atoms with E-state index in [2.05, 4.69) is 5.32 Å². The first-order valence-electron chi connectivity index (χ1n) is 10.6. The molecule has 0 atom stereocenters. The second kappa shape index (κ2) is 10.3. The van der Waals surface area contributed by atoms with Gasteiger partial charge in [0.1, 0.15) is 5.82 Å². The average Bonchev–Trinajstić information content (AvgIpc) is 2.79. The van der Waals surface area contributed by atoms with Crippen LogP contribution in [0.15, 0.2) is 41.3 Å². The maximum absolute atomic E-state index is 13.6. The lowest BCUT2D eigenvalue weighted by Crippen LogP contribution is -2.45. The third-order valence-corrected chi connectivity index (χ3v) is 7.61. The lowest BCUT2D eigenvalue weighted by molar-refractivity contribution is -0.116. The molecule has 0 aromatic heterocycles. The number of halogens is 1. The zero-order chi connectivity index (χ0) is 23.3. The smallest absolute Gasteiger partial charge is 0.243 e. The molecule has 1 aliphatic rings. The Bertz CT molecular complexity index is 1070. The van der Waals surface area contributed by atoms with E-state index in [0.29, 0.717) is 29.8 Å². The summed E-state index contributed by atoms with van der Waals surface area (Å²) in [5.41, 5.74) is 1.01. The highest BCUT2D eigenvalue weighted by Gasteiger charge is 2.34. The summed E-state index contributed by atoms with van der Waals surface area (Å²) < 4.78 is 52.5.